The number of hydrogen-bond donors (Lipinski definition) is 1. The van der Waals surface area contributed by atoms with Crippen LogP contribution in [0.5, 0.6) is 0 Å². The lowest BCUT2D eigenvalue weighted by Crippen LogP contribution is -2.34. The molecule has 1 N–H and O–H groups in total. The van der Waals surface area contributed by atoms with Crippen LogP contribution >= 0.6 is 0 Å². The molecule has 22 heavy (non-hydrogen) atoms. The van der Waals surface area contributed by atoms with Gasteiger partial charge in [0.2, 0.25) is 0 Å². The molecule has 116 valence electrons. The van der Waals surface area contributed by atoms with E-state index in [4.69, 9.17) is 0 Å². The van der Waals surface area contributed by atoms with Crippen LogP contribution in [0.2, 0.25) is 0 Å². The molecule has 0 saturated heterocycles. The fourth-order valence-electron chi connectivity index (χ4n) is 2.90. The van der Waals surface area contributed by atoms with Crippen LogP contribution in [0.15, 0.2) is 40.3 Å². The molecule has 0 aliphatic heterocycles. The highest BCUT2D eigenvalue weighted by atomic mass is 16.1. The number of aromatic nitrogens is 4. The van der Waals surface area contributed by atoms with Gasteiger partial charge in [-0.05, 0) is 31.7 Å². The maximum Gasteiger partial charge on any atom is 0.293 e. The molecule has 2 heterocycles. The molecule has 0 bridgehead atoms. The number of nitrogens with zero attached hydrogens (tertiary/aromatic N) is 4. The Morgan fingerprint density at radius 2 is 1.95 bits per heavy atom. The predicted octanol–water partition coefficient (Wildman–Crippen LogP) is 0.933. The summed E-state index contributed by atoms with van der Waals surface area (Å²) >= 11 is 0. The minimum Gasteiger partial charge on any atom is -0.363 e. The van der Waals surface area contributed by atoms with E-state index in [2.05, 4.69) is 15.4 Å². The molecule has 7 heteroatoms. The van der Waals surface area contributed by atoms with Crippen LogP contribution in [-0.2, 0) is 7.05 Å². The van der Waals surface area contributed by atoms with E-state index in [1.54, 1.807) is 36.4 Å². The van der Waals surface area contributed by atoms with Crippen molar-refractivity contribution in [3.8, 4) is 0 Å². The zero-order valence-corrected chi connectivity index (χ0v) is 12.5. The van der Waals surface area contributed by atoms with Crippen molar-refractivity contribution < 1.29 is 0 Å². The summed E-state index contributed by atoms with van der Waals surface area (Å²) in [5.74, 6) is 0.392. The first-order valence-corrected chi connectivity index (χ1v) is 7.47. The van der Waals surface area contributed by atoms with Crippen LogP contribution in [0.4, 0.5) is 5.82 Å². The van der Waals surface area contributed by atoms with Gasteiger partial charge in [0.25, 0.3) is 11.1 Å². The second-order valence-corrected chi connectivity index (χ2v) is 5.65. The SMILES string of the molecule is Cn1ccnc(NC2CCC(n3ncccc3=O)CC2)c1=O. The highest BCUT2D eigenvalue weighted by molar-refractivity contribution is 5.32. The van der Waals surface area contributed by atoms with Crippen molar-refractivity contribution in [1.29, 1.82) is 0 Å². The van der Waals surface area contributed by atoms with Crippen LogP contribution in [0, 0.1) is 0 Å². The van der Waals surface area contributed by atoms with Gasteiger partial charge in [-0.3, -0.25) is 9.59 Å². The molecule has 0 amide bonds. The summed E-state index contributed by atoms with van der Waals surface area (Å²) in [4.78, 5) is 27.9. The molecule has 0 atom stereocenters. The number of anilines is 1. The van der Waals surface area contributed by atoms with Crippen molar-refractivity contribution in [2.24, 2.45) is 7.05 Å². The number of hydrogen-bond acceptors (Lipinski definition) is 5. The van der Waals surface area contributed by atoms with Crippen LogP contribution in [0.3, 0.4) is 0 Å². The van der Waals surface area contributed by atoms with E-state index in [1.165, 1.54) is 10.6 Å². The minimum atomic E-state index is -0.120. The summed E-state index contributed by atoms with van der Waals surface area (Å²) in [6.45, 7) is 0. The van der Waals surface area contributed by atoms with Gasteiger partial charge in [-0.15, -0.1) is 0 Å². The summed E-state index contributed by atoms with van der Waals surface area (Å²) in [5.41, 5.74) is -0.178. The first kappa shape index (κ1) is 14.5. The van der Waals surface area contributed by atoms with E-state index in [1.807, 2.05) is 0 Å². The van der Waals surface area contributed by atoms with E-state index >= 15 is 0 Å². The molecule has 7 nitrogen and oxygen atoms in total. The minimum absolute atomic E-state index is 0.0579. The summed E-state index contributed by atoms with van der Waals surface area (Å²) in [7, 11) is 1.71. The topological polar surface area (TPSA) is 81.8 Å². The number of aryl methyl sites for hydroxylation is 1. The van der Waals surface area contributed by atoms with Gasteiger partial charge in [0, 0.05) is 37.7 Å². The molecule has 1 aliphatic carbocycles. The Hall–Kier alpha value is -2.44. The third-order valence-electron chi connectivity index (χ3n) is 4.14. The molecule has 0 aromatic carbocycles. The van der Waals surface area contributed by atoms with Gasteiger partial charge in [0.15, 0.2) is 5.82 Å². The Morgan fingerprint density at radius 1 is 1.18 bits per heavy atom. The first-order chi connectivity index (χ1) is 10.6. The summed E-state index contributed by atoms with van der Waals surface area (Å²) in [6.07, 6.45) is 8.38. The zero-order valence-electron chi connectivity index (χ0n) is 12.5. The Morgan fingerprint density at radius 3 is 2.68 bits per heavy atom. The molecule has 2 aromatic heterocycles. The lowest BCUT2D eigenvalue weighted by atomic mass is 9.91. The third-order valence-corrected chi connectivity index (χ3v) is 4.14. The molecule has 3 rings (SSSR count). The lowest BCUT2D eigenvalue weighted by Gasteiger charge is -2.29. The van der Waals surface area contributed by atoms with Gasteiger partial charge in [-0.25, -0.2) is 9.67 Å². The van der Waals surface area contributed by atoms with E-state index in [0.717, 1.165) is 25.7 Å². The molecule has 1 aliphatic rings. The first-order valence-electron chi connectivity index (χ1n) is 7.47. The maximum absolute atomic E-state index is 12.0. The standard InChI is InChI=1S/C15H19N5O2/c1-19-10-9-16-14(15(19)22)18-11-4-6-12(7-5-11)20-13(21)3-2-8-17-20/h2-3,8-12H,4-7H2,1H3,(H,16,18). The van der Waals surface area contributed by atoms with E-state index < -0.39 is 0 Å². The molecule has 0 radical (unpaired) electrons. The monoisotopic (exact) mass is 301 g/mol. The Bertz CT molecular complexity index is 759. The van der Waals surface area contributed by atoms with Crippen molar-refractivity contribution >= 4 is 5.82 Å². The Balaban J connectivity index is 1.65. The van der Waals surface area contributed by atoms with Crippen LogP contribution < -0.4 is 16.4 Å². The van der Waals surface area contributed by atoms with Crippen LogP contribution in [0.25, 0.3) is 0 Å². The quantitative estimate of drug-likeness (QED) is 0.912. The van der Waals surface area contributed by atoms with Gasteiger partial charge < -0.3 is 9.88 Å². The van der Waals surface area contributed by atoms with Gasteiger partial charge >= 0.3 is 0 Å². The molecular formula is C15H19N5O2. The number of nitrogens with one attached hydrogen (secondary N) is 1. The molecule has 1 fully saturated rings. The van der Waals surface area contributed by atoms with Crippen molar-refractivity contribution in [1.82, 2.24) is 19.3 Å². The van der Waals surface area contributed by atoms with E-state index in [0.29, 0.717) is 5.82 Å². The van der Waals surface area contributed by atoms with Crippen molar-refractivity contribution in [3.05, 3.63) is 51.4 Å². The second kappa shape index (κ2) is 6.13. The predicted molar refractivity (Wildman–Crippen MR) is 82.9 cm³/mol. The van der Waals surface area contributed by atoms with Crippen LogP contribution in [0.1, 0.15) is 31.7 Å². The lowest BCUT2D eigenvalue weighted by molar-refractivity contribution is 0.303. The van der Waals surface area contributed by atoms with Crippen molar-refractivity contribution in [2.75, 3.05) is 5.32 Å². The molecule has 2 aromatic rings. The summed E-state index contributed by atoms with van der Waals surface area (Å²) in [5, 5.41) is 7.38. The summed E-state index contributed by atoms with van der Waals surface area (Å²) in [6, 6.07) is 3.54. The summed E-state index contributed by atoms with van der Waals surface area (Å²) < 4.78 is 3.07. The smallest absolute Gasteiger partial charge is 0.293 e. The van der Waals surface area contributed by atoms with Gasteiger partial charge in [0.1, 0.15) is 0 Å². The average molecular weight is 301 g/mol. The number of rotatable bonds is 3. The zero-order chi connectivity index (χ0) is 15.5. The van der Waals surface area contributed by atoms with E-state index in [-0.39, 0.29) is 23.2 Å². The third kappa shape index (κ3) is 2.93. The second-order valence-electron chi connectivity index (χ2n) is 5.65. The van der Waals surface area contributed by atoms with E-state index in [9.17, 15) is 9.59 Å². The molecule has 0 spiro atoms. The van der Waals surface area contributed by atoms with Crippen molar-refractivity contribution in [2.45, 2.75) is 37.8 Å². The van der Waals surface area contributed by atoms with Crippen molar-refractivity contribution in [3.63, 3.8) is 0 Å². The fraction of sp³-hybridized carbons (Fsp3) is 0.467. The Labute approximate surface area is 127 Å². The normalized spacial score (nSPS) is 21.5. The molecular weight excluding hydrogens is 282 g/mol. The molecule has 0 unspecified atom stereocenters. The van der Waals surface area contributed by atoms with Gasteiger partial charge in [-0.2, -0.15) is 5.10 Å². The van der Waals surface area contributed by atoms with Crippen LogP contribution in [-0.4, -0.2) is 25.4 Å². The Kier molecular flexibility index (Phi) is 4.04. The largest absolute Gasteiger partial charge is 0.363 e. The molecule has 1 saturated carbocycles. The van der Waals surface area contributed by atoms with Gasteiger partial charge in [-0.1, -0.05) is 0 Å². The highest BCUT2D eigenvalue weighted by Crippen LogP contribution is 2.27. The maximum atomic E-state index is 12.0. The highest BCUT2D eigenvalue weighted by Gasteiger charge is 2.24. The fourth-order valence-corrected chi connectivity index (χ4v) is 2.90. The average Bonchev–Trinajstić information content (AvgIpc) is 2.53. The van der Waals surface area contributed by atoms with Gasteiger partial charge in [0.05, 0.1) is 6.04 Å².